The summed E-state index contributed by atoms with van der Waals surface area (Å²) in [6.07, 6.45) is 0. The molecule has 1 unspecified atom stereocenters. The van der Waals surface area contributed by atoms with E-state index in [1.54, 1.807) is 48.5 Å². The van der Waals surface area contributed by atoms with Gasteiger partial charge in [-0.15, -0.1) is 0 Å². The second-order valence-corrected chi connectivity index (χ2v) is 7.88. The number of benzene rings is 3. The molecule has 8 nitrogen and oxygen atoms in total. The van der Waals surface area contributed by atoms with Crippen molar-refractivity contribution in [1.82, 2.24) is 10.6 Å². The van der Waals surface area contributed by atoms with Gasteiger partial charge < -0.3 is 20.7 Å². The van der Waals surface area contributed by atoms with Crippen molar-refractivity contribution in [3.05, 3.63) is 101 Å². The molecule has 3 rings (SSSR count). The summed E-state index contributed by atoms with van der Waals surface area (Å²) in [6.45, 7) is 3.14. The zero-order chi connectivity index (χ0) is 25.2. The van der Waals surface area contributed by atoms with Crippen LogP contribution in [0.3, 0.4) is 0 Å². The van der Waals surface area contributed by atoms with Gasteiger partial charge in [-0.05, 0) is 42.3 Å². The maximum absolute atomic E-state index is 12.8. The fraction of sp³-hybridized carbons (Fsp3) is 0.185. The van der Waals surface area contributed by atoms with E-state index >= 15 is 0 Å². The second kappa shape index (κ2) is 12.1. The molecular formula is C27H27N3O5. The minimum atomic E-state index is -0.658. The molecule has 3 aromatic carbocycles. The number of carbonyl (C=O) groups excluding carboxylic acids is 4. The fourth-order valence-electron chi connectivity index (χ4n) is 3.28. The predicted octanol–water partition coefficient (Wildman–Crippen LogP) is 3.61. The molecule has 0 saturated heterocycles. The van der Waals surface area contributed by atoms with Gasteiger partial charge in [-0.25, -0.2) is 4.79 Å². The first-order chi connectivity index (χ1) is 16.8. The Morgan fingerprint density at radius 3 is 2.20 bits per heavy atom. The highest BCUT2D eigenvalue weighted by Gasteiger charge is 2.17. The highest BCUT2D eigenvalue weighted by molar-refractivity contribution is 6.04. The summed E-state index contributed by atoms with van der Waals surface area (Å²) >= 11 is 0. The maximum Gasteiger partial charge on any atom is 0.338 e. The van der Waals surface area contributed by atoms with Crippen LogP contribution in [0.15, 0.2) is 78.9 Å². The van der Waals surface area contributed by atoms with Gasteiger partial charge in [0.05, 0.1) is 22.9 Å². The van der Waals surface area contributed by atoms with Crippen LogP contribution in [0.2, 0.25) is 0 Å². The predicted molar refractivity (Wildman–Crippen MR) is 132 cm³/mol. The Kier molecular flexibility index (Phi) is 8.72. The Hall–Kier alpha value is -4.46. The Balaban J connectivity index is 1.55. The average Bonchev–Trinajstić information content (AvgIpc) is 2.87. The van der Waals surface area contributed by atoms with Crippen LogP contribution in [0.5, 0.6) is 0 Å². The zero-order valence-electron chi connectivity index (χ0n) is 19.5. The largest absolute Gasteiger partial charge is 0.452 e. The molecule has 35 heavy (non-hydrogen) atoms. The van der Waals surface area contributed by atoms with Gasteiger partial charge in [0.1, 0.15) is 0 Å². The van der Waals surface area contributed by atoms with E-state index in [-0.39, 0.29) is 23.4 Å². The first-order valence-electron chi connectivity index (χ1n) is 11.1. The molecule has 0 saturated carbocycles. The summed E-state index contributed by atoms with van der Waals surface area (Å²) in [5.74, 6) is -1.72. The summed E-state index contributed by atoms with van der Waals surface area (Å²) in [4.78, 5) is 48.5. The van der Waals surface area contributed by atoms with Gasteiger partial charge in [0.15, 0.2) is 6.61 Å². The summed E-state index contributed by atoms with van der Waals surface area (Å²) in [5.41, 5.74) is 2.67. The highest BCUT2D eigenvalue weighted by Crippen LogP contribution is 2.18. The quantitative estimate of drug-likeness (QED) is 0.411. The third-order valence-corrected chi connectivity index (χ3v) is 5.16. The van der Waals surface area contributed by atoms with Crippen molar-refractivity contribution in [2.45, 2.75) is 26.4 Å². The Labute approximate surface area is 203 Å². The van der Waals surface area contributed by atoms with Crippen molar-refractivity contribution in [2.75, 3.05) is 11.9 Å². The van der Waals surface area contributed by atoms with E-state index in [0.717, 1.165) is 11.1 Å². The molecule has 0 aliphatic rings. The number of amides is 3. The van der Waals surface area contributed by atoms with Gasteiger partial charge in [-0.2, -0.15) is 0 Å². The van der Waals surface area contributed by atoms with Gasteiger partial charge in [0.2, 0.25) is 5.91 Å². The first kappa shape index (κ1) is 25.2. The molecule has 8 heteroatoms. The van der Waals surface area contributed by atoms with Crippen LogP contribution in [0, 0.1) is 0 Å². The van der Waals surface area contributed by atoms with Crippen LogP contribution in [0.4, 0.5) is 5.69 Å². The molecule has 0 bridgehead atoms. The third kappa shape index (κ3) is 7.53. The molecule has 3 aromatic rings. The molecule has 0 aromatic heterocycles. The van der Waals surface area contributed by atoms with E-state index in [9.17, 15) is 19.2 Å². The van der Waals surface area contributed by atoms with Gasteiger partial charge in [-0.1, -0.05) is 54.6 Å². The molecule has 0 spiro atoms. The van der Waals surface area contributed by atoms with Crippen LogP contribution in [0.25, 0.3) is 0 Å². The van der Waals surface area contributed by atoms with Crippen LogP contribution in [-0.2, 0) is 20.9 Å². The van der Waals surface area contributed by atoms with E-state index in [2.05, 4.69) is 16.0 Å². The molecule has 0 aliphatic heterocycles. The average molecular weight is 474 g/mol. The van der Waals surface area contributed by atoms with E-state index in [0.29, 0.717) is 17.8 Å². The van der Waals surface area contributed by atoms with Gasteiger partial charge in [-0.3, -0.25) is 14.4 Å². The van der Waals surface area contributed by atoms with E-state index in [1.807, 2.05) is 37.3 Å². The minimum absolute atomic E-state index is 0.149. The van der Waals surface area contributed by atoms with Gasteiger partial charge >= 0.3 is 5.97 Å². The van der Waals surface area contributed by atoms with Crippen molar-refractivity contribution in [2.24, 2.45) is 0 Å². The lowest BCUT2D eigenvalue weighted by atomic mass is 10.1. The third-order valence-electron chi connectivity index (χ3n) is 5.16. The molecule has 3 amide bonds. The van der Waals surface area contributed by atoms with Crippen molar-refractivity contribution >= 4 is 29.4 Å². The SMILES string of the molecule is CC(=O)NCc1ccc(C(=O)OCC(=O)Nc2ccccc2C(=O)NC(C)c2ccccc2)cc1. The van der Waals surface area contributed by atoms with Crippen LogP contribution < -0.4 is 16.0 Å². The lowest BCUT2D eigenvalue weighted by Gasteiger charge is -2.16. The number of ether oxygens (including phenoxy) is 1. The molecule has 3 N–H and O–H groups in total. The van der Waals surface area contributed by atoms with E-state index in [1.165, 1.54) is 6.92 Å². The number of nitrogens with one attached hydrogen (secondary N) is 3. The Morgan fingerprint density at radius 2 is 1.51 bits per heavy atom. The lowest BCUT2D eigenvalue weighted by molar-refractivity contribution is -0.119. The number of anilines is 1. The van der Waals surface area contributed by atoms with Crippen molar-refractivity contribution in [3.8, 4) is 0 Å². The molecular weight excluding hydrogens is 446 g/mol. The van der Waals surface area contributed by atoms with Crippen LogP contribution in [0.1, 0.15) is 51.7 Å². The van der Waals surface area contributed by atoms with Crippen LogP contribution in [-0.4, -0.2) is 30.3 Å². The van der Waals surface area contributed by atoms with E-state index < -0.39 is 18.5 Å². The number of rotatable bonds is 9. The van der Waals surface area contributed by atoms with E-state index in [4.69, 9.17) is 4.74 Å². The summed E-state index contributed by atoms with van der Waals surface area (Å²) in [7, 11) is 0. The Morgan fingerprint density at radius 1 is 0.857 bits per heavy atom. The minimum Gasteiger partial charge on any atom is -0.452 e. The van der Waals surface area contributed by atoms with Crippen LogP contribution >= 0.6 is 0 Å². The number of hydrogen-bond donors (Lipinski definition) is 3. The number of para-hydroxylation sites is 1. The Bertz CT molecular complexity index is 1190. The van der Waals surface area contributed by atoms with Crippen molar-refractivity contribution < 1.29 is 23.9 Å². The maximum atomic E-state index is 12.8. The summed E-state index contributed by atoms with van der Waals surface area (Å²) < 4.78 is 5.10. The normalized spacial score (nSPS) is 11.1. The second-order valence-electron chi connectivity index (χ2n) is 7.88. The molecule has 0 aliphatic carbocycles. The molecule has 0 fully saturated rings. The molecule has 0 heterocycles. The topological polar surface area (TPSA) is 114 Å². The number of esters is 1. The highest BCUT2D eigenvalue weighted by atomic mass is 16.5. The first-order valence-corrected chi connectivity index (χ1v) is 11.1. The lowest BCUT2D eigenvalue weighted by Crippen LogP contribution is -2.28. The van der Waals surface area contributed by atoms with Crippen molar-refractivity contribution in [1.29, 1.82) is 0 Å². The molecule has 1 atom stereocenters. The summed E-state index contributed by atoms with van der Waals surface area (Å²) in [5, 5.41) is 8.22. The molecule has 180 valence electrons. The standard InChI is InChI=1S/C27H27N3O5/c1-18(21-8-4-3-5-9-21)29-26(33)23-10-6-7-11-24(23)30-25(32)17-35-27(34)22-14-12-20(13-15-22)16-28-19(2)31/h3-15,18H,16-17H2,1-2H3,(H,28,31)(H,29,33)(H,30,32). The van der Waals surface area contributed by atoms with Crippen molar-refractivity contribution in [3.63, 3.8) is 0 Å². The summed E-state index contributed by atoms with van der Waals surface area (Å²) in [6, 6.07) is 22.4. The molecule has 0 radical (unpaired) electrons. The van der Waals surface area contributed by atoms with Gasteiger partial charge in [0, 0.05) is 13.5 Å². The van der Waals surface area contributed by atoms with Gasteiger partial charge in [0.25, 0.3) is 11.8 Å². The fourth-order valence-corrected chi connectivity index (χ4v) is 3.28. The number of carbonyl (C=O) groups is 4. The number of hydrogen-bond acceptors (Lipinski definition) is 5. The zero-order valence-corrected chi connectivity index (χ0v) is 19.5. The monoisotopic (exact) mass is 473 g/mol. The smallest absolute Gasteiger partial charge is 0.338 e.